The minimum atomic E-state index is -0.714. The van der Waals surface area contributed by atoms with Gasteiger partial charge in [-0.25, -0.2) is 0 Å². The Kier molecular flexibility index (Phi) is 11.5. The second-order valence-corrected chi connectivity index (χ2v) is 17.2. The van der Waals surface area contributed by atoms with Crippen LogP contribution in [-0.2, 0) is 13.1 Å². The highest BCUT2D eigenvalue weighted by Gasteiger charge is 2.27. The first-order valence-electron chi connectivity index (χ1n) is 18.0. The van der Waals surface area contributed by atoms with Crippen molar-refractivity contribution in [1.29, 1.82) is 0 Å². The smallest absolute Gasteiger partial charge is 0.0290 e. The molecule has 0 unspecified atom stereocenters. The molecule has 0 heterocycles. The molecular weight excluding hydrogens is 642 g/mol. The van der Waals surface area contributed by atoms with E-state index < -0.39 is 16.1 Å². The predicted octanol–water partition coefficient (Wildman–Crippen LogP) is 10.5. The SMILES string of the molecule is CCCN(Cc1c2ccccc2c(CN(CCC)P(c2ccccc2)c2ccccc2)c2ccccc12)P(c1ccccc1)c1ccccc1. The molecule has 0 aromatic heterocycles. The quantitative estimate of drug-likeness (QED) is 0.0829. The Morgan fingerprint density at radius 1 is 0.340 bits per heavy atom. The van der Waals surface area contributed by atoms with Gasteiger partial charge in [0.15, 0.2) is 0 Å². The summed E-state index contributed by atoms with van der Waals surface area (Å²) in [5.41, 5.74) is 2.87. The molecule has 0 saturated heterocycles. The molecule has 50 heavy (non-hydrogen) atoms. The molecule has 4 heteroatoms. The molecule has 250 valence electrons. The summed E-state index contributed by atoms with van der Waals surface area (Å²) < 4.78 is 5.53. The Labute approximate surface area is 301 Å². The van der Waals surface area contributed by atoms with Crippen LogP contribution in [0.5, 0.6) is 0 Å². The van der Waals surface area contributed by atoms with Gasteiger partial charge in [-0.3, -0.25) is 9.34 Å². The summed E-state index contributed by atoms with van der Waals surface area (Å²) in [6, 6.07) is 63.1. The first kappa shape index (κ1) is 34.3. The lowest BCUT2D eigenvalue weighted by Gasteiger charge is -2.34. The van der Waals surface area contributed by atoms with Gasteiger partial charge < -0.3 is 0 Å². The van der Waals surface area contributed by atoms with Crippen LogP contribution >= 0.6 is 16.1 Å². The van der Waals surface area contributed by atoms with Crippen molar-refractivity contribution in [2.45, 2.75) is 39.8 Å². The average Bonchev–Trinajstić information content (AvgIpc) is 3.18. The summed E-state index contributed by atoms with van der Waals surface area (Å²) in [7, 11) is -1.43. The minimum absolute atomic E-state index is 0.714. The van der Waals surface area contributed by atoms with Gasteiger partial charge in [-0.05, 0) is 66.7 Å². The van der Waals surface area contributed by atoms with E-state index in [1.807, 2.05) is 0 Å². The molecule has 0 aliphatic rings. The van der Waals surface area contributed by atoms with Gasteiger partial charge in [-0.2, -0.15) is 0 Å². The zero-order valence-electron chi connectivity index (χ0n) is 29.2. The third kappa shape index (κ3) is 7.46. The van der Waals surface area contributed by atoms with Crippen molar-refractivity contribution < 1.29 is 0 Å². The lowest BCUT2D eigenvalue weighted by molar-refractivity contribution is 0.456. The van der Waals surface area contributed by atoms with Crippen LogP contribution in [0.3, 0.4) is 0 Å². The Hall–Kier alpha value is -4.16. The highest BCUT2D eigenvalue weighted by molar-refractivity contribution is 7.71. The van der Waals surface area contributed by atoms with Gasteiger partial charge in [0.1, 0.15) is 0 Å². The van der Waals surface area contributed by atoms with Gasteiger partial charge in [0, 0.05) is 42.3 Å². The van der Waals surface area contributed by atoms with Crippen molar-refractivity contribution in [2.24, 2.45) is 0 Å². The van der Waals surface area contributed by atoms with E-state index in [0.29, 0.717) is 0 Å². The molecule has 0 aliphatic heterocycles. The molecule has 7 rings (SSSR count). The van der Waals surface area contributed by atoms with Crippen LogP contribution in [-0.4, -0.2) is 22.4 Å². The van der Waals surface area contributed by atoms with E-state index in [0.717, 1.165) is 39.0 Å². The maximum atomic E-state index is 2.77. The zero-order valence-corrected chi connectivity index (χ0v) is 31.0. The van der Waals surface area contributed by atoms with Crippen LogP contribution in [0.2, 0.25) is 0 Å². The third-order valence-electron chi connectivity index (χ3n) is 9.37. The van der Waals surface area contributed by atoms with E-state index in [9.17, 15) is 0 Å². The van der Waals surface area contributed by atoms with Crippen LogP contribution in [0, 0.1) is 0 Å². The molecule has 7 aromatic carbocycles. The molecular formula is C46H46N2P2. The van der Waals surface area contributed by atoms with Crippen molar-refractivity contribution in [1.82, 2.24) is 9.34 Å². The maximum absolute atomic E-state index is 2.77. The molecule has 0 spiro atoms. The second kappa shape index (κ2) is 16.7. The molecule has 2 nitrogen and oxygen atoms in total. The summed E-state index contributed by atoms with van der Waals surface area (Å²) in [5, 5.41) is 11.1. The lowest BCUT2D eigenvalue weighted by Crippen LogP contribution is -2.30. The number of hydrogen-bond donors (Lipinski definition) is 0. The topological polar surface area (TPSA) is 6.48 Å². The Bertz CT molecular complexity index is 1810. The fourth-order valence-electron chi connectivity index (χ4n) is 7.26. The van der Waals surface area contributed by atoms with Gasteiger partial charge in [0.05, 0.1) is 0 Å². The van der Waals surface area contributed by atoms with Gasteiger partial charge >= 0.3 is 0 Å². The number of fused-ring (bicyclic) bond motifs is 2. The highest BCUT2D eigenvalue weighted by atomic mass is 31.1. The largest absolute Gasteiger partial charge is 0.270 e. The zero-order chi connectivity index (χ0) is 34.1. The molecule has 0 bridgehead atoms. The molecule has 0 aliphatic carbocycles. The van der Waals surface area contributed by atoms with Crippen LogP contribution in [0.1, 0.15) is 37.8 Å². The molecule has 0 fully saturated rings. The van der Waals surface area contributed by atoms with Crippen molar-refractivity contribution in [3.8, 4) is 0 Å². The summed E-state index contributed by atoms with van der Waals surface area (Å²) in [4.78, 5) is 0. The summed E-state index contributed by atoms with van der Waals surface area (Å²) in [5.74, 6) is 0. The number of nitrogens with zero attached hydrogens (tertiary/aromatic N) is 2. The minimum Gasteiger partial charge on any atom is -0.270 e. The van der Waals surface area contributed by atoms with Crippen LogP contribution in [0.15, 0.2) is 170 Å². The fourth-order valence-corrected chi connectivity index (χ4v) is 12.3. The van der Waals surface area contributed by atoms with E-state index in [4.69, 9.17) is 0 Å². The lowest BCUT2D eigenvalue weighted by atomic mass is 9.91. The monoisotopic (exact) mass is 688 g/mol. The van der Waals surface area contributed by atoms with E-state index in [1.54, 1.807) is 0 Å². The first-order chi connectivity index (χ1) is 24.8. The van der Waals surface area contributed by atoms with Gasteiger partial charge in [0.25, 0.3) is 0 Å². The summed E-state index contributed by atoms with van der Waals surface area (Å²) in [6.07, 6.45) is 2.20. The first-order valence-corrected chi connectivity index (χ1v) is 20.6. The molecule has 0 atom stereocenters. The summed E-state index contributed by atoms with van der Waals surface area (Å²) >= 11 is 0. The highest BCUT2D eigenvalue weighted by Crippen LogP contribution is 2.45. The molecule has 0 saturated carbocycles. The van der Waals surface area contributed by atoms with Crippen molar-refractivity contribution in [3.63, 3.8) is 0 Å². The predicted molar refractivity (Wildman–Crippen MR) is 221 cm³/mol. The van der Waals surface area contributed by atoms with Crippen molar-refractivity contribution >= 4 is 58.9 Å². The van der Waals surface area contributed by atoms with E-state index in [1.165, 1.54) is 53.9 Å². The normalized spacial score (nSPS) is 11.8. The standard InChI is InChI=1S/C46H46N2P2/c1-3-33-47(49(37-21-9-5-10-22-37)38-23-11-6-12-24-38)35-45-41-29-17-19-31-43(41)46(44-32-20-18-30-42(44)45)36-48(34-4-2)50(39-25-13-7-14-26-39)40-27-15-8-16-28-40/h5-32H,3-4,33-36H2,1-2H3. The van der Waals surface area contributed by atoms with E-state index in [2.05, 4.69) is 193 Å². The molecule has 0 N–H and O–H groups in total. The Balaban J connectivity index is 1.37. The Morgan fingerprint density at radius 2 is 0.580 bits per heavy atom. The number of rotatable bonds is 14. The maximum Gasteiger partial charge on any atom is 0.0290 e. The van der Waals surface area contributed by atoms with Gasteiger partial charge in [0.2, 0.25) is 0 Å². The summed E-state index contributed by atoms with van der Waals surface area (Å²) in [6.45, 7) is 8.48. The van der Waals surface area contributed by atoms with Crippen LogP contribution in [0.25, 0.3) is 21.5 Å². The van der Waals surface area contributed by atoms with Gasteiger partial charge in [-0.15, -0.1) is 0 Å². The fraction of sp³-hybridized carbons (Fsp3) is 0.174. The third-order valence-corrected chi connectivity index (χ3v) is 14.3. The second-order valence-electron chi connectivity index (χ2n) is 12.8. The van der Waals surface area contributed by atoms with Gasteiger partial charge in [-0.1, -0.05) is 184 Å². The van der Waals surface area contributed by atoms with Crippen LogP contribution in [0.4, 0.5) is 0 Å². The molecule has 0 radical (unpaired) electrons. The van der Waals surface area contributed by atoms with Crippen LogP contribution < -0.4 is 21.2 Å². The van der Waals surface area contributed by atoms with Crippen molar-refractivity contribution in [2.75, 3.05) is 13.1 Å². The molecule has 7 aromatic rings. The van der Waals surface area contributed by atoms with Crippen molar-refractivity contribution in [3.05, 3.63) is 181 Å². The molecule has 0 amide bonds. The number of hydrogen-bond acceptors (Lipinski definition) is 2. The van der Waals surface area contributed by atoms with E-state index >= 15 is 0 Å². The Morgan fingerprint density at radius 3 is 0.820 bits per heavy atom. The van der Waals surface area contributed by atoms with E-state index in [-0.39, 0.29) is 0 Å². The number of benzene rings is 7. The average molecular weight is 689 g/mol.